The van der Waals surface area contributed by atoms with Gasteiger partial charge in [0.1, 0.15) is 17.7 Å². The zero-order chi connectivity index (χ0) is 38.7. The molecule has 1 aliphatic carbocycles. The second kappa shape index (κ2) is 12.3. The molecule has 4 heterocycles. The highest BCUT2D eigenvalue weighted by Crippen LogP contribution is 2.62. The summed E-state index contributed by atoms with van der Waals surface area (Å²) in [6, 6.07) is 67.5. The number of rotatable bonds is 3. The van der Waals surface area contributed by atoms with Crippen molar-refractivity contribution in [2.75, 3.05) is 5.32 Å². The Morgan fingerprint density at radius 2 is 1.19 bits per heavy atom. The molecule has 59 heavy (non-hydrogen) atoms. The van der Waals surface area contributed by atoms with Crippen LogP contribution in [0.4, 0.5) is 5.69 Å². The molecule has 0 saturated heterocycles. The van der Waals surface area contributed by atoms with Gasteiger partial charge in [-0.2, -0.15) is 0 Å². The van der Waals surface area contributed by atoms with Crippen molar-refractivity contribution in [3.8, 4) is 33.9 Å². The van der Waals surface area contributed by atoms with E-state index >= 15 is 0 Å². The Morgan fingerprint density at radius 1 is 0.508 bits per heavy atom. The summed E-state index contributed by atoms with van der Waals surface area (Å²) in [4.78, 5) is 12.2. The third-order valence-electron chi connectivity index (χ3n) is 12.5. The van der Waals surface area contributed by atoms with Crippen LogP contribution in [-0.2, 0) is 5.41 Å². The number of fused-ring (bicyclic) bond motifs is 15. The predicted octanol–water partition coefficient (Wildman–Crippen LogP) is 13.7. The molecule has 3 aliphatic rings. The maximum Gasteiger partial charge on any atom is 0.145 e. The average Bonchev–Trinajstić information content (AvgIpc) is 3.82. The normalized spacial score (nSPS) is 15.5. The number of hydrogen-bond acceptors (Lipinski definition) is 5. The Labute approximate surface area is 344 Å². The van der Waals surface area contributed by atoms with Gasteiger partial charge in [-0.05, 0) is 69.6 Å². The van der Waals surface area contributed by atoms with Gasteiger partial charge in [0.25, 0.3) is 0 Å². The molecule has 0 fully saturated rings. The number of aromatic nitrogens is 1. The van der Waals surface area contributed by atoms with Crippen LogP contribution in [0.25, 0.3) is 54.1 Å². The van der Waals surface area contributed by atoms with Crippen LogP contribution in [0, 0.1) is 0 Å². The van der Waals surface area contributed by atoms with Crippen LogP contribution in [0.3, 0.4) is 0 Å². The minimum Gasteiger partial charge on any atom is -0.457 e. The highest BCUT2D eigenvalue weighted by Gasteiger charge is 2.51. The van der Waals surface area contributed by atoms with E-state index in [-0.39, 0.29) is 6.17 Å². The molecule has 8 aromatic carbocycles. The van der Waals surface area contributed by atoms with Gasteiger partial charge < -0.3 is 10.1 Å². The molecule has 1 spiro atoms. The number of aliphatic imine (C=N–C) groups is 1. The molecule has 0 saturated carbocycles. The third-order valence-corrected chi connectivity index (χ3v) is 13.7. The quantitative estimate of drug-likeness (QED) is 0.182. The largest absolute Gasteiger partial charge is 0.457 e. The molecule has 4 nitrogen and oxygen atoms in total. The van der Waals surface area contributed by atoms with Crippen LogP contribution in [0.5, 0.6) is 11.5 Å². The lowest BCUT2D eigenvalue weighted by Crippen LogP contribution is -2.32. The first-order chi connectivity index (χ1) is 29.2. The van der Waals surface area contributed by atoms with Gasteiger partial charge in [0.05, 0.1) is 32.9 Å². The van der Waals surface area contributed by atoms with Crippen molar-refractivity contribution in [1.82, 2.24) is 4.98 Å². The second-order valence-electron chi connectivity index (χ2n) is 15.6. The maximum absolute atomic E-state index is 6.65. The minimum atomic E-state index is -0.568. The van der Waals surface area contributed by atoms with Crippen molar-refractivity contribution in [2.45, 2.75) is 11.6 Å². The lowest BCUT2D eigenvalue weighted by Gasteiger charge is -2.39. The predicted molar refractivity (Wildman–Crippen MR) is 242 cm³/mol. The highest BCUT2D eigenvalue weighted by atomic mass is 32.1. The SMILES string of the molecule is c1ccc(-c2nc3cc(C4=NC(c5ccccc5)Nc5c4sc4ccccc54)ccc3c3cc4c(cc23)-c2ccccc2C42c3ccccc3Oc3ccccc32)cc1. The van der Waals surface area contributed by atoms with Crippen molar-refractivity contribution in [1.29, 1.82) is 0 Å². The molecule has 2 aliphatic heterocycles. The molecule has 2 aromatic heterocycles. The summed E-state index contributed by atoms with van der Waals surface area (Å²) in [7, 11) is 0. The van der Waals surface area contributed by atoms with E-state index in [0.29, 0.717) is 0 Å². The molecule has 13 rings (SSSR count). The summed E-state index contributed by atoms with van der Waals surface area (Å²) in [5, 5.41) is 8.43. The van der Waals surface area contributed by atoms with E-state index in [4.69, 9.17) is 14.7 Å². The first-order valence-electron chi connectivity index (χ1n) is 20.1. The Balaban J connectivity index is 1.10. The smallest absolute Gasteiger partial charge is 0.145 e. The zero-order valence-corrected chi connectivity index (χ0v) is 32.5. The number of hydrogen-bond donors (Lipinski definition) is 1. The van der Waals surface area contributed by atoms with Crippen LogP contribution in [-0.4, -0.2) is 10.7 Å². The van der Waals surface area contributed by atoms with E-state index in [0.717, 1.165) is 77.6 Å². The Hall–Kier alpha value is -7.34. The number of nitrogens with zero attached hydrogens (tertiary/aromatic N) is 2. The van der Waals surface area contributed by atoms with Gasteiger partial charge >= 0.3 is 0 Å². The van der Waals surface area contributed by atoms with Crippen LogP contribution in [0.15, 0.2) is 193 Å². The number of para-hydroxylation sites is 2. The number of thiophene rings is 1. The molecule has 0 radical (unpaired) electrons. The van der Waals surface area contributed by atoms with Gasteiger partial charge in [-0.15, -0.1) is 11.3 Å². The fourth-order valence-electron chi connectivity index (χ4n) is 10.0. The van der Waals surface area contributed by atoms with Crippen molar-refractivity contribution >= 4 is 54.5 Å². The highest BCUT2D eigenvalue weighted by molar-refractivity contribution is 7.22. The van der Waals surface area contributed by atoms with Crippen molar-refractivity contribution in [3.63, 3.8) is 0 Å². The molecular formula is C54H33N3OS. The van der Waals surface area contributed by atoms with Crippen LogP contribution >= 0.6 is 11.3 Å². The Bertz CT molecular complexity index is 3360. The van der Waals surface area contributed by atoms with E-state index in [9.17, 15) is 0 Å². The summed E-state index contributed by atoms with van der Waals surface area (Å²) in [6.07, 6.45) is -0.220. The molecule has 10 aromatic rings. The van der Waals surface area contributed by atoms with Gasteiger partial charge in [0.15, 0.2) is 0 Å². The van der Waals surface area contributed by atoms with Gasteiger partial charge in [-0.25, -0.2) is 4.98 Å². The summed E-state index contributed by atoms with van der Waals surface area (Å²) in [6.45, 7) is 0. The number of ether oxygens (including phenoxy) is 1. The van der Waals surface area contributed by atoms with Crippen LogP contribution < -0.4 is 10.1 Å². The van der Waals surface area contributed by atoms with E-state index in [1.54, 1.807) is 11.3 Å². The van der Waals surface area contributed by atoms with Crippen molar-refractivity contribution < 1.29 is 4.74 Å². The van der Waals surface area contributed by atoms with Crippen molar-refractivity contribution in [2.24, 2.45) is 4.99 Å². The van der Waals surface area contributed by atoms with E-state index in [2.05, 4.69) is 193 Å². The monoisotopic (exact) mass is 771 g/mol. The minimum absolute atomic E-state index is 0.220. The van der Waals surface area contributed by atoms with Gasteiger partial charge in [-0.1, -0.05) is 152 Å². The van der Waals surface area contributed by atoms with E-state index < -0.39 is 5.41 Å². The number of anilines is 1. The molecule has 5 heteroatoms. The summed E-state index contributed by atoms with van der Waals surface area (Å²) < 4.78 is 7.89. The molecule has 276 valence electrons. The van der Waals surface area contributed by atoms with E-state index in [1.165, 1.54) is 37.7 Å². The molecule has 1 atom stereocenters. The summed E-state index contributed by atoms with van der Waals surface area (Å²) in [5.74, 6) is 1.78. The molecule has 1 unspecified atom stereocenters. The number of benzene rings is 8. The molecule has 1 N–H and O–H groups in total. The first-order valence-corrected chi connectivity index (χ1v) is 20.9. The number of pyridine rings is 1. The topological polar surface area (TPSA) is 46.5 Å². The fourth-order valence-corrected chi connectivity index (χ4v) is 11.2. The molecular weight excluding hydrogens is 739 g/mol. The first kappa shape index (κ1) is 32.7. The molecule has 0 amide bonds. The summed E-state index contributed by atoms with van der Waals surface area (Å²) >= 11 is 1.79. The van der Waals surface area contributed by atoms with Crippen molar-refractivity contribution in [3.05, 3.63) is 226 Å². The maximum atomic E-state index is 6.65. The number of nitrogens with one attached hydrogen (secondary N) is 1. The average molecular weight is 772 g/mol. The second-order valence-corrected chi connectivity index (χ2v) is 16.7. The van der Waals surface area contributed by atoms with Gasteiger partial charge in [0.2, 0.25) is 0 Å². The molecule has 0 bridgehead atoms. The van der Waals surface area contributed by atoms with Crippen LogP contribution in [0.2, 0.25) is 0 Å². The fraction of sp³-hybridized carbons (Fsp3) is 0.0370. The lowest BCUT2D eigenvalue weighted by atomic mass is 9.66. The van der Waals surface area contributed by atoms with Crippen LogP contribution in [0.1, 0.15) is 44.4 Å². The summed E-state index contributed by atoms with van der Waals surface area (Å²) in [5.41, 5.74) is 14.0. The lowest BCUT2D eigenvalue weighted by molar-refractivity contribution is 0.436. The Morgan fingerprint density at radius 3 is 1.98 bits per heavy atom. The Kier molecular flexibility index (Phi) is 6.84. The van der Waals surface area contributed by atoms with E-state index in [1.807, 2.05) is 0 Å². The zero-order valence-electron chi connectivity index (χ0n) is 31.7. The van der Waals surface area contributed by atoms with Gasteiger partial charge in [0, 0.05) is 43.1 Å². The third kappa shape index (κ3) is 4.59. The standard InChI is InChI=1S/C54H33N3OS/c1-3-15-32(16-4-1)49-40-30-39-35-19-7-9-21-41(35)54(42-22-10-12-24-46(42)58-47-25-13-11-23-43(47)54)44(39)31-38(40)36-28-27-34(29-45(36)55-49)50-52-51(37-20-8-14-26-48(37)59-52)57-53(56-50)33-17-5-2-6-18-33/h1-31,53,57H. The van der Waals surface area contributed by atoms with Gasteiger partial charge in [-0.3, -0.25) is 4.99 Å².